The van der Waals surface area contributed by atoms with Crippen molar-refractivity contribution in [3.05, 3.63) is 23.8 Å². The average molecular weight is 258 g/mol. The van der Waals surface area contributed by atoms with Crippen LogP contribution in [0.2, 0.25) is 0 Å². The minimum atomic E-state index is 0.0847. The Morgan fingerprint density at radius 2 is 2.11 bits per heavy atom. The first-order valence-corrected chi connectivity index (χ1v) is 6.52. The van der Waals surface area contributed by atoms with E-state index < -0.39 is 0 Å². The second-order valence-corrected chi connectivity index (χ2v) is 4.71. The van der Waals surface area contributed by atoms with Gasteiger partial charge in [-0.05, 0) is 37.5 Å². The van der Waals surface area contributed by atoms with Gasteiger partial charge in [-0.25, -0.2) is 0 Å². The lowest BCUT2D eigenvalue weighted by molar-refractivity contribution is -0.130. The lowest BCUT2D eigenvalue weighted by Gasteiger charge is -2.27. The predicted molar refractivity (Wildman–Crippen MR) is 74.5 cm³/mol. The van der Waals surface area contributed by atoms with Crippen LogP contribution in [0.25, 0.3) is 0 Å². The second kappa shape index (κ2) is 6.10. The molecular formula is C14H18N4O. The molecule has 0 atom stereocenters. The van der Waals surface area contributed by atoms with Gasteiger partial charge in [-0.3, -0.25) is 4.79 Å². The fourth-order valence-corrected chi connectivity index (χ4v) is 2.20. The monoisotopic (exact) mass is 258 g/mol. The van der Waals surface area contributed by atoms with Crippen molar-refractivity contribution >= 4 is 17.3 Å². The molecule has 5 nitrogen and oxygen atoms in total. The summed E-state index contributed by atoms with van der Waals surface area (Å²) in [7, 11) is 0. The normalized spacial score (nSPS) is 14.8. The number of anilines is 2. The van der Waals surface area contributed by atoms with Crippen molar-refractivity contribution in [2.75, 3.05) is 30.7 Å². The molecule has 0 aliphatic carbocycles. The van der Waals surface area contributed by atoms with Crippen LogP contribution in [-0.2, 0) is 4.79 Å². The van der Waals surface area contributed by atoms with Crippen molar-refractivity contribution in [2.45, 2.75) is 19.3 Å². The minimum Gasteiger partial charge on any atom is -0.397 e. The standard InChI is InChI=1S/C14H18N4O/c15-9-11-4-5-12(16)13(8-11)17-10-14(19)18-6-2-1-3-7-18/h4-5,8,17H,1-3,6-7,10,16H2. The largest absolute Gasteiger partial charge is 0.397 e. The molecule has 100 valence electrons. The Bertz CT molecular complexity index is 501. The highest BCUT2D eigenvalue weighted by molar-refractivity contribution is 5.82. The van der Waals surface area contributed by atoms with Crippen LogP contribution in [0.3, 0.4) is 0 Å². The van der Waals surface area contributed by atoms with Gasteiger partial charge in [0.05, 0.1) is 29.6 Å². The molecule has 1 aromatic rings. The van der Waals surface area contributed by atoms with Gasteiger partial charge >= 0.3 is 0 Å². The number of nitrogens with one attached hydrogen (secondary N) is 1. The zero-order valence-electron chi connectivity index (χ0n) is 10.9. The van der Waals surface area contributed by atoms with Crippen LogP contribution < -0.4 is 11.1 Å². The van der Waals surface area contributed by atoms with Gasteiger partial charge in [-0.2, -0.15) is 5.26 Å². The van der Waals surface area contributed by atoms with Crippen LogP contribution in [0.15, 0.2) is 18.2 Å². The molecule has 19 heavy (non-hydrogen) atoms. The highest BCUT2D eigenvalue weighted by atomic mass is 16.2. The molecule has 0 bridgehead atoms. The van der Waals surface area contributed by atoms with E-state index in [1.54, 1.807) is 18.2 Å². The van der Waals surface area contributed by atoms with Gasteiger partial charge in [-0.1, -0.05) is 0 Å². The van der Waals surface area contributed by atoms with E-state index in [2.05, 4.69) is 11.4 Å². The lowest BCUT2D eigenvalue weighted by atomic mass is 10.1. The Kier molecular flexibility index (Phi) is 4.24. The molecule has 1 aromatic carbocycles. The van der Waals surface area contributed by atoms with Crippen molar-refractivity contribution in [2.24, 2.45) is 0 Å². The summed E-state index contributed by atoms with van der Waals surface area (Å²) in [6, 6.07) is 7.05. The van der Waals surface area contributed by atoms with Crippen molar-refractivity contribution in [1.82, 2.24) is 4.90 Å². The molecule has 1 amide bonds. The van der Waals surface area contributed by atoms with Gasteiger partial charge in [0.15, 0.2) is 0 Å². The summed E-state index contributed by atoms with van der Waals surface area (Å²) in [5.41, 5.74) is 7.53. The molecule has 1 heterocycles. The van der Waals surface area contributed by atoms with Crippen LogP contribution in [-0.4, -0.2) is 30.4 Å². The van der Waals surface area contributed by atoms with E-state index in [9.17, 15) is 4.79 Å². The summed E-state index contributed by atoms with van der Waals surface area (Å²) >= 11 is 0. The van der Waals surface area contributed by atoms with Crippen molar-refractivity contribution < 1.29 is 4.79 Å². The van der Waals surface area contributed by atoms with Crippen LogP contribution in [0, 0.1) is 11.3 Å². The summed E-state index contributed by atoms with van der Waals surface area (Å²) in [5.74, 6) is 0.0847. The van der Waals surface area contributed by atoms with Crippen LogP contribution in [0.5, 0.6) is 0 Å². The van der Waals surface area contributed by atoms with Crippen LogP contribution in [0.1, 0.15) is 24.8 Å². The van der Waals surface area contributed by atoms with E-state index >= 15 is 0 Å². The highest BCUT2D eigenvalue weighted by Crippen LogP contribution is 2.19. The fourth-order valence-electron chi connectivity index (χ4n) is 2.20. The Morgan fingerprint density at radius 1 is 1.37 bits per heavy atom. The molecule has 1 aliphatic heterocycles. The van der Waals surface area contributed by atoms with Gasteiger partial charge in [0.2, 0.25) is 5.91 Å². The van der Waals surface area contributed by atoms with Crippen molar-refractivity contribution in [3.63, 3.8) is 0 Å². The number of piperidine rings is 1. The second-order valence-electron chi connectivity index (χ2n) is 4.71. The zero-order chi connectivity index (χ0) is 13.7. The van der Waals surface area contributed by atoms with Gasteiger partial charge in [0, 0.05) is 13.1 Å². The lowest BCUT2D eigenvalue weighted by Crippen LogP contribution is -2.39. The van der Waals surface area contributed by atoms with E-state index in [4.69, 9.17) is 11.0 Å². The van der Waals surface area contributed by atoms with E-state index in [0.717, 1.165) is 25.9 Å². The van der Waals surface area contributed by atoms with Crippen molar-refractivity contribution in [1.29, 1.82) is 5.26 Å². The summed E-state index contributed by atoms with van der Waals surface area (Å²) in [5, 5.41) is 11.9. The maximum absolute atomic E-state index is 12.0. The third-order valence-electron chi connectivity index (χ3n) is 3.32. The Labute approximate surface area is 113 Å². The van der Waals surface area contributed by atoms with Gasteiger partial charge in [0.1, 0.15) is 0 Å². The zero-order valence-corrected chi connectivity index (χ0v) is 10.9. The molecule has 0 unspecified atom stereocenters. The van der Waals surface area contributed by atoms with Crippen molar-refractivity contribution in [3.8, 4) is 6.07 Å². The smallest absolute Gasteiger partial charge is 0.241 e. The number of hydrogen-bond donors (Lipinski definition) is 2. The molecule has 1 fully saturated rings. The molecule has 1 saturated heterocycles. The van der Waals surface area contributed by atoms with Crippen LogP contribution >= 0.6 is 0 Å². The number of rotatable bonds is 3. The summed E-state index contributed by atoms with van der Waals surface area (Å²) < 4.78 is 0. The average Bonchev–Trinajstić information content (AvgIpc) is 2.47. The van der Waals surface area contributed by atoms with E-state index in [-0.39, 0.29) is 12.5 Å². The highest BCUT2D eigenvalue weighted by Gasteiger charge is 2.16. The van der Waals surface area contributed by atoms with Gasteiger partial charge in [-0.15, -0.1) is 0 Å². The summed E-state index contributed by atoms with van der Waals surface area (Å²) in [6.45, 7) is 1.90. The number of benzene rings is 1. The maximum Gasteiger partial charge on any atom is 0.241 e. The molecule has 1 aliphatic rings. The number of carbonyl (C=O) groups is 1. The fraction of sp³-hybridized carbons (Fsp3) is 0.429. The number of hydrogen-bond acceptors (Lipinski definition) is 4. The summed E-state index contributed by atoms with van der Waals surface area (Å²) in [6.07, 6.45) is 3.37. The molecule has 0 saturated carbocycles. The first-order chi connectivity index (χ1) is 9.20. The minimum absolute atomic E-state index is 0.0847. The molecule has 5 heteroatoms. The SMILES string of the molecule is N#Cc1ccc(N)c(NCC(=O)N2CCCCC2)c1. The third kappa shape index (κ3) is 3.38. The molecule has 0 radical (unpaired) electrons. The number of nitrogens with two attached hydrogens (primary N) is 1. The summed E-state index contributed by atoms with van der Waals surface area (Å²) in [4.78, 5) is 13.9. The molecular weight excluding hydrogens is 240 g/mol. The Morgan fingerprint density at radius 3 is 2.79 bits per heavy atom. The number of likely N-dealkylation sites (tertiary alicyclic amines) is 1. The number of nitrogens with zero attached hydrogens (tertiary/aromatic N) is 2. The number of amides is 1. The predicted octanol–water partition coefficient (Wildman–Crippen LogP) is 1.56. The number of carbonyl (C=O) groups excluding carboxylic acids is 1. The Balaban J connectivity index is 1.94. The first-order valence-electron chi connectivity index (χ1n) is 6.52. The van der Waals surface area contributed by atoms with Gasteiger partial charge < -0.3 is 16.0 Å². The van der Waals surface area contributed by atoms with E-state index in [1.807, 2.05) is 4.90 Å². The molecule has 3 N–H and O–H groups in total. The van der Waals surface area contributed by atoms with E-state index in [1.165, 1.54) is 6.42 Å². The number of nitrogen functional groups attached to an aromatic ring is 1. The van der Waals surface area contributed by atoms with Crippen LogP contribution in [0.4, 0.5) is 11.4 Å². The maximum atomic E-state index is 12.0. The molecule has 0 spiro atoms. The molecule has 2 rings (SSSR count). The number of nitriles is 1. The Hall–Kier alpha value is -2.22. The molecule has 0 aromatic heterocycles. The topological polar surface area (TPSA) is 82.1 Å². The van der Waals surface area contributed by atoms with E-state index in [0.29, 0.717) is 16.9 Å². The quantitative estimate of drug-likeness (QED) is 0.806. The van der Waals surface area contributed by atoms with Gasteiger partial charge in [0.25, 0.3) is 0 Å². The third-order valence-corrected chi connectivity index (χ3v) is 3.32. The first kappa shape index (κ1) is 13.2.